The van der Waals surface area contributed by atoms with Crippen molar-refractivity contribution in [2.24, 2.45) is 5.92 Å². The van der Waals surface area contributed by atoms with Crippen LogP contribution in [0.25, 0.3) is 0 Å². The summed E-state index contributed by atoms with van der Waals surface area (Å²) in [5, 5.41) is 11.3. The highest BCUT2D eigenvalue weighted by Gasteiger charge is 2.19. The van der Waals surface area contributed by atoms with Gasteiger partial charge in [-0.2, -0.15) is 0 Å². The number of hydrogen-bond acceptors (Lipinski definition) is 3. The fourth-order valence-electron chi connectivity index (χ4n) is 1.36. The zero-order chi connectivity index (χ0) is 12.0. The second kappa shape index (κ2) is 5.95. The van der Waals surface area contributed by atoms with E-state index in [1.54, 1.807) is 19.1 Å². The normalized spacial score (nSPS) is 12.1. The van der Waals surface area contributed by atoms with Gasteiger partial charge in [-0.3, -0.25) is 9.59 Å². The van der Waals surface area contributed by atoms with Crippen LogP contribution in [0.5, 0.6) is 0 Å². The number of rotatable bonds is 6. The molecule has 0 spiro atoms. The molecule has 1 rings (SSSR count). The van der Waals surface area contributed by atoms with Gasteiger partial charge in [-0.05, 0) is 18.6 Å². The van der Waals surface area contributed by atoms with E-state index in [0.29, 0.717) is 18.7 Å². The standard InChI is InChI=1S/C11H15NO4/c1-2-8(6-10(13)14)11(15)12-7-9-4-3-5-16-9/h3-5,8H,2,6-7H2,1H3,(H,12,15)(H,13,14). The van der Waals surface area contributed by atoms with Crippen LogP contribution in [0.1, 0.15) is 25.5 Å². The van der Waals surface area contributed by atoms with Gasteiger partial charge in [0.15, 0.2) is 0 Å². The topological polar surface area (TPSA) is 79.5 Å². The molecule has 0 saturated heterocycles. The Morgan fingerprint density at radius 1 is 1.56 bits per heavy atom. The molecule has 0 aliphatic heterocycles. The minimum absolute atomic E-state index is 0.138. The number of carboxylic acid groups (broad SMARTS) is 1. The second-order valence-corrected chi connectivity index (χ2v) is 3.50. The fourth-order valence-corrected chi connectivity index (χ4v) is 1.36. The molecule has 5 nitrogen and oxygen atoms in total. The van der Waals surface area contributed by atoms with Gasteiger partial charge in [0, 0.05) is 5.92 Å². The van der Waals surface area contributed by atoms with Crippen LogP contribution in [-0.2, 0) is 16.1 Å². The summed E-state index contributed by atoms with van der Waals surface area (Å²) in [6, 6.07) is 3.48. The van der Waals surface area contributed by atoms with Gasteiger partial charge in [0.2, 0.25) is 5.91 Å². The van der Waals surface area contributed by atoms with E-state index in [1.165, 1.54) is 6.26 Å². The van der Waals surface area contributed by atoms with Gasteiger partial charge >= 0.3 is 5.97 Å². The van der Waals surface area contributed by atoms with Crippen LogP contribution in [0.4, 0.5) is 0 Å². The number of nitrogens with one attached hydrogen (secondary N) is 1. The fraction of sp³-hybridized carbons (Fsp3) is 0.455. The quantitative estimate of drug-likeness (QED) is 0.766. The lowest BCUT2D eigenvalue weighted by atomic mass is 10.0. The molecule has 0 aliphatic rings. The molecule has 2 N–H and O–H groups in total. The van der Waals surface area contributed by atoms with Crippen molar-refractivity contribution < 1.29 is 19.1 Å². The first kappa shape index (κ1) is 12.3. The van der Waals surface area contributed by atoms with Crippen LogP contribution in [0, 0.1) is 5.92 Å². The maximum atomic E-state index is 11.6. The largest absolute Gasteiger partial charge is 0.481 e. The van der Waals surface area contributed by atoms with Crippen LogP contribution < -0.4 is 5.32 Å². The Bertz CT molecular complexity index is 345. The van der Waals surface area contributed by atoms with Crippen molar-refractivity contribution in [3.05, 3.63) is 24.2 Å². The molecule has 16 heavy (non-hydrogen) atoms. The lowest BCUT2D eigenvalue weighted by Gasteiger charge is -2.11. The predicted molar refractivity (Wildman–Crippen MR) is 56.6 cm³/mol. The Balaban J connectivity index is 2.40. The first-order chi connectivity index (χ1) is 7.63. The highest BCUT2D eigenvalue weighted by molar-refractivity contribution is 5.83. The van der Waals surface area contributed by atoms with Gasteiger partial charge in [-0.25, -0.2) is 0 Å². The van der Waals surface area contributed by atoms with Crippen molar-refractivity contribution >= 4 is 11.9 Å². The third kappa shape index (κ3) is 3.76. The predicted octanol–water partition coefficient (Wildman–Crippen LogP) is 1.40. The van der Waals surface area contributed by atoms with Crippen molar-refractivity contribution in [3.63, 3.8) is 0 Å². The van der Waals surface area contributed by atoms with Gasteiger partial charge in [0.1, 0.15) is 5.76 Å². The Hall–Kier alpha value is -1.78. The molecule has 0 saturated carbocycles. The van der Waals surface area contributed by atoms with Gasteiger partial charge in [0.25, 0.3) is 0 Å². The molecule has 0 radical (unpaired) electrons. The van der Waals surface area contributed by atoms with E-state index in [9.17, 15) is 9.59 Å². The van der Waals surface area contributed by atoms with Gasteiger partial charge in [-0.1, -0.05) is 6.92 Å². The van der Waals surface area contributed by atoms with Gasteiger partial charge < -0.3 is 14.8 Å². The highest BCUT2D eigenvalue weighted by atomic mass is 16.4. The number of carboxylic acids is 1. The van der Waals surface area contributed by atoms with Crippen LogP contribution in [-0.4, -0.2) is 17.0 Å². The third-order valence-electron chi connectivity index (χ3n) is 2.30. The molecular formula is C11H15NO4. The number of amides is 1. The minimum atomic E-state index is -0.958. The first-order valence-corrected chi connectivity index (χ1v) is 5.15. The van der Waals surface area contributed by atoms with Gasteiger partial charge in [-0.15, -0.1) is 0 Å². The summed E-state index contributed by atoms with van der Waals surface area (Å²) in [4.78, 5) is 22.1. The zero-order valence-electron chi connectivity index (χ0n) is 9.10. The molecule has 1 aromatic heterocycles. The van der Waals surface area contributed by atoms with Gasteiger partial charge in [0.05, 0.1) is 19.2 Å². The number of hydrogen-bond donors (Lipinski definition) is 2. The molecule has 88 valence electrons. The molecule has 1 amide bonds. The van der Waals surface area contributed by atoms with Crippen LogP contribution >= 0.6 is 0 Å². The van der Waals surface area contributed by atoms with Crippen LogP contribution in [0.15, 0.2) is 22.8 Å². The molecule has 1 atom stereocenters. The lowest BCUT2D eigenvalue weighted by Crippen LogP contribution is -2.31. The molecule has 1 unspecified atom stereocenters. The van der Waals surface area contributed by atoms with E-state index < -0.39 is 11.9 Å². The van der Waals surface area contributed by atoms with E-state index in [2.05, 4.69) is 5.32 Å². The molecule has 0 fully saturated rings. The summed E-state index contributed by atoms with van der Waals surface area (Å²) in [5.74, 6) is -1.03. The Kier molecular flexibility index (Phi) is 4.57. The number of carbonyl (C=O) groups is 2. The Morgan fingerprint density at radius 3 is 2.81 bits per heavy atom. The number of aliphatic carboxylic acids is 1. The Labute approximate surface area is 93.4 Å². The minimum Gasteiger partial charge on any atom is -0.481 e. The van der Waals surface area contributed by atoms with E-state index >= 15 is 0 Å². The van der Waals surface area contributed by atoms with Crippen molar-refractivity contribution in [3.8, 4) is 0 Å². The number of furan rings is 1. The average Bonchev–Trinajstić information content (AvgIpc) is 2.75. The molecular weight excluding hydrogens is 210 g/mol. The van der Waals surface area contributed by atoms with Crippen molar-refractivity contribution in [2.45, 2.75) is 26.3 Å². The smallest absolute Gasteiger partial charge is 0.304 e. The molecule has 1 heterocycles. The van der Waals surface area contributed by atoms with Crippen molar-refractivity contribution in [2.75, 3.05) is 0 Å². The average molecular weight is 225 g/mol. The maximum absolute atomic E-state index is 11.6. The van der Waals surface area contributed by atoms with E-state index in [4.69, 9.17) is 9.52 Å². The molecule has 0 bridgehead atoms. The monoisotopic (exact) mass is 225 g/mol. The summed E-state index contributed by atoms with van der Waals surface area (Å²) >= 11 is 0. The van der Waals surface area contributed by atoms with Crippen LogP contribution in [0.2, 0.25) is 0 Å². The summed E-state index contributed by atoms with van der Waals surface area (Å²) in [6.07, 6.45) is 1.90. The lowest BCUT2D eigenvalue weighted by molar-refractivity contribution is -0.141. The van der Waals surface area contributed by atoms with E-state index in [1.807, 2.05) is 0 Å². The second-order valence-electron chi connectivity index (χ2n) is 3.50. The molecule has 1 aromatic rings. The van der Waals surface area contributed by atoms with Crippen molar-refractivity contribution in [1.82, 2.24) is 5.32 Å². The van der Waals surface area contributed by atoms with E-state index in [0.717, 1.165) is 0 Å². The van der Waals surface area contributed by atoms with E-state index in [-0.39, 0.29) is 12.3 Å². The molecule has 0 aliphatic carbocycles. The maximum Gasteiger partial charge on any atom is 0.304 e. The zero-order valence-corrected chi connectivity index (χ0v) is 9.10. The summed E-state index contributed by atoms with van der Waals surface area (Å²) < 4.78 is 5.05. The summed E-state index contributed by atoms with van der Waals surface area (Å²) in [6.45, 7) is 2.09. The SMILES string of the molecule is CCC(CC(=O)O)C(=O)NCc1ccco1. The Morgan fingerprint density at radius 2 is 2.31 bits per heavy atom. The molecule has 0 aromatic carbocycles. The summed E-state index contributed by atoms with van der Waals surface area (Å²) in [7, 11) is 0. The van der Waals surface area contributed by atoms with Crippen molar-refractivity contribution in [1.29, 1.82) is 0 Å². The highest BCUT2D eigenvalue weighted by Crippen LogP contribution is 2.09. The first-order valence-electron chi connectivity index (χ1n) is 5.15. The number of carbonyl (C=O) groups excluding carboxylic acids is 1. The van der Waals surface area contributed by atoms with Crippen LogP contribution in [0.3, 0.4) is 0 Å². The third-order valence-corrected chi connectivity index (χ3v) is 2.30. The molecule has 5 heteroatoms. The summed E-state index contributed by atoms with van der Waals surface area (Å²) in [5.41, 5.74) is 0.